The van der Waals surface area contributed by atoms with Gasteiger partial charge in [-0.05, 0) is 38.7 Å². The van der Waals surface area contributed by atoms with Crippen LogP contribution >= 0.6 is 15.9 Å². The Balaban J connectivity index is 2.47. The van der Waals surface area contributed by atoms with Crippen molar-refractivity contribution < 1.29 is 4.92 Å². The second-order valence-corrected chi connectivity index (χ2v) is 6.10. The van der Waals surface area contributed by atoms with E-state index >= 15 is 0 Å². The van der Waals surface area contributed by atoms with E-state index in [4.69, 9.17) is 0 Å². The van der Waals surface area contributed by atoms with Crippen molar-refractivity contribution in [3.63, 3.8) is 0 Å². The molecule has 96 valence electrons. The van der Waals surface area contributed by atoms with E-state index in [0.29, 0.717) is 4.47 Å². The molecular weight excluding hydrogens is 306 g/mol. The Labute approximate surface area is 119 Å². The Morgan fingerprint density at radius 1 is 1.11 bits per heavy atom. The number of rotatable bonds is 1. The summed E-state index contributed by atoms with van der Waals surface area (Å²) in [6.07, 6.45) is 0. The zero-order chi connectivity index (χ0) is 13.8. The van der Waals surface area contributed by atoms with E-state index in [9.17, 15) is 10.1 Å². The summed E-state index contributed by atoms with van der Waals surface area (Å²) in [5.74, 6) is 0. The molecule has 0 saturated heterocycles. The van der Waals surface area contributed by atoms with Crippen molar-refractivity contribution in [1.82, 2.24) is 0 Å². The number of fused-ring (bicyclic) bond motifs is 3. The number of benzene rings is 2. The van der Waals surface area contributed by atoms with Crippen molar-refractivity contribution in [2.75, 3.05) is 0 Å². The summed E-state index contributed by atoms with van der Waals surface area (Å²) in [6.45, 7) is 4.21. The minimum absolute atomic E-state index is 0.163. The molecule has 19 heavy (non-hydrogen) atoms. The van der Waals surface area contributed by atoms with Gasteiger partial charge in [0, 0.05) is 5.41 Å². The van der Waals surface area contributed by atoms with Crippen LogP contribution in [-0.4, -0.2) is 4.92 Å². The molecular formula is C15H12BrNO2. The fraction of sp³-hybridized carbons (Fsp3) is 0.200. The molecule has 3 rings (SSSR count). The molecule has 0 amide bonds. The van der Waals surface area contributed by atoms with Gasteiger partial charge in [0.05, 0.1) is 15.0 Å². The summed E-state index contributed by atoms with van der Waals surface area (Å²) in [6, 6.07) is 11.7. The normalized spacial score (nSPS) is 14.9. The van der Waals surface area contributed by atoms with Crippen LogP contribution in [0.25, 0.3) is 11.1 Å². The lowest BCUT2D eigenvalue weighted by atomic mass is 9.82. The maximum absolute atomic E-state index is 11.4. The Bertz CT molecular complexity index is 707. The standard InChI is InChI=1S/C15H12BrNO2/c1-15(2)10-6-4-3-5-9(10)13-11(15)7-8-12(16)14(13)17(18)19/h3-8H,1-2H3. The summed E-state index contributed by atoms with van der Waals surface area (Å²) in [4.78, 5) is 11.1. The zero-order valence-corrected chi connectivity index (χ0v) is 12.2. The first-order chi connectivity index (χ1) is 8.94. The molecule has 0 radical (unpaired) electrons. The Morgan fingerprint density at radius 2 is 1.79 bits per heavy atom. The molecule has 0 aromatic heterocycles. The van der Waals surface area contributed by atoms with E-state index in [0.717, 1.165) is 22.3 Å². The van der Waals surface area contributed by atoms with Crippen LogP contribution in [0.3, 0.4) is 0 Å². The highest BCUT2D eigenvalue weighted by Gasteiger charge is 2.40. The van der Waals surface area contributed by atoms with Crippen LogP contribution in [0.4, 0.5) is 5.69 Å². The first-order valence-corrected chi connectivity index (χ1v) is 6.81. The molecule has 2 aromatic carbocycles. The quantitative estimate of drug-likeness (QED) is 0.567. The maximum atomic E-state index is 11.4. The smallest absolute Gasteiger partial charge is 0.258 e. The second-order valence-electron chi connectivity index (χ2n) is 5.25. The SMILES string of the molecule is CC1(C)c2ccccc2-c2c1ccc(Br)c2[N+](=O)[O-]. The van der Waals surface area contributed by atoms with Crippen LogP contribution in [0.1, 0.15) is 25.0 Å². The summed E-state index contributed by atoms with van der Waals surface area (Å²) >= 11 is 3.30. The van der Waals surface area contributed by atoms with Gasteiger partial charge in [0.15, 0.2) is 0 Å². The Morgan fingerprint density at radius 3 is 2.47 bits per heavy atom. The zero-order valence-electron chi connectivity index (χ0n) is 10.6. The first-order valence-electron chi connectivity index (χ1n) is 6.02. The summed E-state index contributed by atoms with van der Waals surface area (Å²) in [5.41, 5.74) is 3.85. The predicted octanol–water partition coefficient (Wildman–Crippen LogP) is 4.66. The van der Waals surface area contributed by atoms with Gasteiger partial charge in [0.25, 0.3) is 5.69 Å². The lowest BCUT2D eigenvalue weighted by Crippen LogP contribution is -2.14. The van der Waals surface area contributed by atoms with Crippen LogP contribution in [-0.2, 0) is 5.41 Å². The fourth-order valence-corrected chi connectivity index (χ4v) is 3.40. The molecule has 1 aliphatic rings. The van der Waals surface area contributed by atoms with Crippen molar-refractivity contribution in [2.45, 2.75) is 19.3 Å². The van der Waals surface area contributed by atoms with Gasteiger partial charge in [-0.1, -0.05) is 44.2 Å². The van der Waals surface area contributed by atoms with E-state index in [-0.39, 0.29) is 16.0 Å². The molecule has 1 aliphatic carbocycles. The summed E-state index contributed by atoms with van der Waals surface area (Å²) in [7, 11) is 0. The van der Waals surface area contributed by atoms with Gasteiger partial charge in [0.1, 0.15) is 0 Å². The predicted molar refractivity (Wildman–Crippen MR) is 78.4 cm³/mol. The third-order valence-electron chi connectivity index (χ3n) is 3.85. The number of hydrogen-bond donors (Lipinski definition) is 0. The fourth-order valence-electron chi connectivity index (χ4n) is 2.93. The highest BCUT2D eigenvalue weighted by Crippen LogP contribution is 2.53. The highest BCUT2D eigenvalue weighted by atomic mass is 79.9. The van der Waals surface area contributed by atoms with Gasteiger partial charge in [-0.25, -0.2) is 0 Å². The second kappa shape index (κ2) is 3.90. The van der Waals surface area contributed by atoms with Gasteiger partial charge < -0.3 is 0 Å². The Hall–Kier alpha value is -1.68. The van der Waals surface area contributed by atoms with Gasteiger partial charge in [-0.3, -0.25) is 10.1 Å². The molecule has 0 fully saturated rings. The summed E-state index contributed by atoms with van der Waals surface area (Å²) < 4.78 is 0.531. The average Bonchev–Trinajstić information content (AvgIpc) is 2.59. The molecule has 3 nitrogen and oxygen atoms in total. The number of nitrogens with zero attached hydrogens (tertiary/aromatic N) is 1. The van der Waals surface area contributed by atoms with Crippen molar-refractivity contribution in [2.24, 2.45) is 0 Å². The van der Waals surface area contributed by atoms with Crippen molar-refractivity contribution in [3.05, 3.63) is 62.1 Å². The molecule has 0 N–H and O–H groups in total. The van der Waals surface area contributed by atoms with Crippen molar-refractivity contribution >= 4 is 21.6 Å². The summed E-state index contributed by atoms with van der Waals surface area (Å²) in [5, 5.41) is 11.4. The van der Waals surface area contributed by atoms with Gasteiger partial charge in [0.2, 0.25) is 0 Å². The van der Waals surface area contributed by atoms with Crippen LogP contribution in [0.5, 0.6) is 0 Å². The minimum atomic E-state index is -0.304. The number of halogens is 1. The van der Waals surface area contributed by atoms with Crippen LogP contribution in [0.2, 0.25) is 0 Å². The van der Waals surface area contributed by atoms with E-state index < -0.39 is 0 Å². The molecule has 0 bridgehead atoms. The topological polar surface area (TPSA) is 43.1 Å². The van der Waals surface area contributed by atoms with Crippen LogP contribution < -0.4 is 0 Å². The lowest BCUT2D eigenvalue weighted by molar-refractivity contribution is -0.385. The van der Waals surface area contributed by atoms with E-state index in [2.05, 4.69) is 29.8 Å². The first kappa shape index (κ1) is 12.4. The van der Waals surface area contributed by atoms with Crippen LogP contribution in [0.15, 0.2) is 40.9 Å². The Kier molecular flexibility index (Phi) is 2.54. The molecule has 0 saturated carbocycles. The number of nitro groups is 1. The van der Waals surface area contributed by atoms with Crippen LogP contribution in [0, 0.1) is 10.1 Å². The highest BCUT2D eigenvalue weighted by molar-refractivity contribution is 9.10. The average molecular weight is 318 g/mol. The monoisotopic (exact) mass is 317 g/mol. The molecule has 0 aliphatic heterocycles. The van der Waals surface area contributed by atoms with Gasteiger partial charge >= 0.3 is 0 Å². The lowest BCUT2D eigenvalue weighted by Gasteiger charge is -2.21. The van der Waals surface area contributed by atoms with Crippen molar-refractivity contribution in [3.8, 4) is 11.1 Å². The van der Waals surface area contributed by atoms with Crippen molar-refractivity contribution in [1.29, 1.82) is 0 Å². The molecule has 0 atom stereocenters. The molecule has 4 heteroatoms. The van der Waals surface area contributed by atoms with E-state index in [1.54, 1.807) is 6.07 Å². The third kappa shape index (κ3) is 1.56. The molecule has 0 spiro atoms. The minimum Gasteiger partial charge on any atom is -0.258 e. The molecule has 2 aromatic rings. The van der Waals surface area contributed by atoms with Gasteiger partial charge in [-0.15, -0.1) is 0 Å². The third-order valence-corrected chi connectivity index (χ3v) is 4.49. The maximum Gasteiger partial charge on any atom is 0.291 e. The number of nitro benzene ring substituents is 1. The van der Waals surface area contributed by atoms with E-state index in [1.807, 2.05) is 30.3 Å². The molecule has 0 heterocycles. The van der Waals surface area contributed by atoms with Gasteiger partial charge in [-0.2, -0.15) is 0 Å². The molecule has 0 unspecified atom stereocenters. The number of hydrogen-bond acceptors (Lipinski definition) is 2. The van der Waals surface area contributed by atoms with E-state index in [1.165, 1.54) is 0 Å². The largest absolute Gasteiger partial charge is 0.291 e.